The van der Waals surface area contributed by atoms with Gasteiger partial charge in [-0.05, 0) is 30.2 Å². The minimum Gasteiger partial charge on any atom is -0.389 e. The first-order chi connectivity index (χ1) is 8.77. The highest BCUT2D eigenvalue weighted by molar-refractivity contribution is 7.80. The van der Waals surface area contributed by atoms with E-state index in [4.69, 9.17) is 18.0 Å². The molecule has 0 aromatic carbocycles. The Morgan fingerprint density at radius 3 is 2.72 bits per heavy atom. The number of nitrogens with two attached hydrogens (primary N) is 1. The smallest absolute Gasteiger partial charge is 0.158 e. The topological polar surface area (TPSA) is 76.7 Å². The second-order valence-electron chi connectivity index (χ2n) is 3.69. The summed E-state index contributed by atoms with van der Waals surface area (Å²) in [6, 6.07) is 5.71. The van der Waals surface area contributed by atoms with Crippen molar-refractivity contribution in [3.05, 3.63) is 47.9 Å². The van der Waals surface area contributed by atoms with Crippen LogP contribution in [0.1, 0.15) is 11.1 Å². The normalized spacial score (nSPS) is 10.0. The number of hydrogen-bond acceptors (Lipinski definition) is 5. The minimum atomic E-state index is 0.316. The third-order valence-corrected chi connectivity index (χ3v) is 2.66. The first-order valence-corrected chi connectivity index (χ1v) is 5.92. The lowest BCUT2D eigenvalue weighted by molar-refractivity contribution is 0.962. The number of thiocarbonyl (C=S) groups is 1. The molecule has 0 unspecified atom stereocenters. The van der Waals surface area contributed by atoms with Crippen molar-refractivity contribution in [2.24, 2.45) is 5.73 Å². The van der Waals surface area contributed by atoms with Crippen LogP contribution in [0.5, 0.6) is 0 Å². The predicted octanol–water partition coefficient (Wildman–Crippen LogP) is 1.16. The molecule has 0 amide bonds. The van der Waals surface area contributed by atoms with Gasteiger partial charge >= 0.3 is 0 Å². The fourth-order valence-electron chi connectivity index (χ4n) is 1.54. The minimum absolute atomic E-state index is 0.316. The van der Waals surface area contributed by atoms with Gasteiger partial charge in [-0.25, -0.2) is 0 Å². The molecule has 18 heavy (non-hydrogen) atoms. The Kier molecular flexibility index (Phi) is 4.14. The number of pyridine rings is 1. The van der Waals surface area contributed by atoms with Crippen LogP contribution in [0, 0.1) is 0 Å². The molecule has 0 atom stereocenters. The maximum Gasteiger partial charge on any atom is 0.158 e. The van der Waals surface area contributed by atoms with E-state index in [2.05, 4.69) is 20.5 Å². The van der Waals surface area contributed by atoms with Gasteiger partial charge in [0.05, 0.1) is 11.8 Å². The SMILES string of the molecule is NC(=S)c1ccnnc1NCCc1ccncc1. The molecule has 0 aliphatic rings. The summed E-state index contributed by atoms with van der Waals surface area (Å²) in [5.74, 6) is 0.624. The second-order valence-corrected chi connectivity index (χ2v) is 4.13. The highest BCUT2D eigenvalue weighted by atomic mass is 32.1. The number of rotatable bonds is 5. The van der Waals surface area contributed by atoms with Crippen molar-refractivity contribution in [2.45, 2.75) is 6.42 Å². The van der Waals surface area contributed by atoms with Crippen LogP contribution in [0.4, 0.5) is 5.82 Å². The molecule has 2 aromatic rings. The lowest BCUT2D eigenvalue weighted by Gasteiger charge is -2.08. The molecular weight excluding hydrogens is 246 g/mol. The number of anilines is 1. The van der Waals surface area contributed by atoms with Crippen LogP contribution >= 0.6 is 12.2 Å². The van der Waals surface area contributed by atoms with E-state index in [0.717, 1.165) is 18.5 Å². The molecular formula is C12H13N5S. The van der Waals surface area contributed by atoms with Crippen LogP contribution in [-0.4, -0.2) is 26.7 Å². The number of nitrogens with zero attached hydrogens (tertiary/aromatic N) is 3. The molecule has 0 saturated heterocycles. The lowest BCUT2D eigenvalue weighted by atomic mass is 10.2. The van der Waals surface area contributed by atoms with E-state index < -0.39 is 0 Å². The fraction of sp³-hybridized carbons (Fsp3) is 0.167. The molecule has 0 aliphatic carbocycles. The quantitative estimate of drug-likeness (QED) is 0.785. The maximum absolute atomic E-state index is 5.61. The van der Waals surface area contributed by atoms with Gasteiger partial charge in [0.15, 0.2) is 5.82 Å². The Morgan fingerprint density at radius 2 is 2.00 bits per heavy atom. The van der Waals surface area contributed by atoms with E-state index >= 15 is 0 Å². The van der Waals surface area contributed by atoms with Gasteiger partial charge < -0.3 is 11.1 Å². The van der Waals surface area contributed by atoms with Gasteiger partial charge in [-0.15, -0.1) is 5.10 Å². The first kappa shape index (κ1) is 12.4. The van der Waals surface area contributed by atoms with Crippen LogP contribution in [0.2, 0.25) is 0 Å². The summed E-state index contributed by atoms with van der Waals surface area (Å²) in [5.41, 5.74) is 7.54. The summed E-state index contributed by atoms with van der Waals surface area (Å²) < 4.78 is 0. The molecule has 3 N–H and O–H groups in total. The average Bonchev–Trinajstić information content (AvgIpc) is 2.40. The van der Waals surface area contributed by atoms with Crippen LogP contribution in [-0.2, 0) is 6.42 Å². The van der Waals surface area contributed by atoms with Gasteiger partial charge in [-0.2, -0.15) is 5.10 Å². The van der Waals surface area contributed by atoms with Gasteiger partial charge in [0.25, 0.3) is 0 Å². The molecule has 92 valence electrons. The second kappa shape index (κ2) is 6.02. The van der Waals surface area contributed by atoms with Crippen molar-refractivity contribution in [3.8, 4) is 0 Å². The largest absolute Gasteiger partial charge is 0.389 e. The average molecular weight is 259 g/mol. The molecule has 2 aromatic heterocycles. The number of aromatic nitrogens is 3. The zero-order chi connectivity index (χ0) is 12.8. The predicted molar refractivity (Wildman–Crippen MR) is 74.4 cm³/mol. The van der Waals surface area contributed by atoms with Crippen molar-refractivity contribution in [3.63, 3.8) is 0 Å². The maximum atomic E-state index is 5.61. The Bertz CT molecular complexity index is 529. The van der Waals surface area contributed by atoms with E-state index in [1.807, 2.05) is 12.1 Å². The molecule has 0 fully saturated rings. The highest BCUT2D eigenvalue weighted by Gasteiger charge is 2.05. The van der Waals surface area contributed by atoms with Gasteiger partial charge in [0.1, 0.15) is 4.99 Å². The summed E-state index contributed by atoms with van der Waals surface area (Å²) in [4.78, 5) is 4.29. The van der Waals surface area contributed by atoms with Crippen LogP contribution in [0.25, 0.3) is 0 Å². The molecule has 0 bridgehead atoms. The lowest BCUT2D eigenvalue weighted by Crippen LogP contribution is -2.16. The Hall–Kier alpha value is -2.08. The van der Waals surface area contributed by atoms with Gasteiger partial charge in [0, 0.05) is 18.9 Å². The fourth-order valence-corrected chi connectivity index (χ4v) is 1.70. The summed E-state index contributed by atoms with van der Waals surface area (Å²) in [6.07, 6.45) is 5.99. The van der Waals surface area contributed by atoms with Crippen molar-refractivity contribution in [2.75, 3.05) is 11.9 Å². The summed E-state index contributed by atoms with van der Waals surface area (Å²) in [5, 5.41) is 11.0. The highest BCUT2D eigenvalue weighted by Crippen LogP contribution is 2.09. The van der Waals surface area contributed by atoms with Gasteiger partial charge in [-0.1, -0.05) is 12.2 Å². The van der Waals surface area contributed by atoms with Crippen molar-refractivity contribution < 1.29 is 0 Å². The number of nitrogens with one attached hydrogen (secondary N) is 1. The summed E-state index contributed by atoms with van der Waals surface area (Å²) in [6.45, 7) is 0.734. The molecule has 2 rings (SSSR count). The van der Waals surface area contributed by atoms with E-state index in [1.165, 1.54) is 5.56 Å². The van der Waals surface area contributed by atoms with E-state index in [-0.39, 0.29) is 0 Å². The first-order valence-electron chi connectivity index (χ1n) is 5.51. The summed E-state index contributed by atoms with van der Waals surface area (Å²) in [7, 11) is 0. The zero-order valence-electron chi connectivity index (χ0n) is 9.71. The standard InChI is InChI=1S/C12H13N5S/c13-11(18)10-4-8-16-17-12(10)15-7-3-9-1-5-14-6-2-9/h1-2,4-6,8H,3,7H2,(H2,13,18)(H,15,17). The van der Waals surface area contributed by atoms with Crippen LogP contribution < -0.4 is 11.1 Å². The molecule has 0 spiro atoms. The molecule has 0 aliphatic heterocycles. The zero-order valence-corrected chi connectivity index (χ0v) is 10.5. The van der Waals surface area contributed by atoms with Crippen molar-refractivity contribution >= 4 is 23.0 Å². The monoisotopic (exact) mass is 259 g/mol. The molecule has 5 nitrogen and oxygen atoms in total. The Labute approximate surface area is 110 Å². The van der Waals surface area contributed by atoms with Crippen LogP contribution in [0.15, 0.2) is 36.8 Å². The van der Waals surface area contributed by atoms with E-state index in [1.54, 1.807) is 24.7 Å². The molecule has 0 radical (unpaired) electrons. The van der Waals surface area contributed by atoms with Gasteiger partial charge in [-0.3, -0.25) is 4.98 Å². The summed E-state index contributed by atoms with van der Waals surface area (Å²) >= 11 is 4.96. The Balaban J connectivity index is 1.97. The van der Waals surface area contributed by atoms with Crippen molar-refractivity contribution in [1.82, 2.24) is 15.2 Å². The molecule has 2 heterocycles. The third-order valence-electron chi connectivity index (χ3n) is 2.44. The Morgan fingerprint density at radius 1 is 1.22 bits per heavy atom. The van der Waals surface area contributed by atoms with E-state index in [9.17, 15) is 0 Å². The molecule has 6 heteroatoms. The van der Waals surface area contributed by atoms with Gasteiger partial charge in [0.2, 0.25) is 0 Å². The van der Waals surface area contributed by atoms with E-state index in [0.29, 0.717) is 10.8 Å². The van der Waals surface area contributed by atoms with Crippen molar-refractivity contribution in [1.29, 1.82) is 0 Å². The molecule has 0 saturated carbocycles. The number of hydrogen-bond donors (Lipinski definition) is 2. The van der Waals surface area contributed by atoms with Crippen LogP contribution in [0.3, 0.4) is 0 Å². The third kappa shape index (κ3) is 3.21.